The molecule has 0 aliphatic heterocycles. The summed E-state index contributed by atoms with van der Waals surface area (Å²) in [5.74, 6) is 0. The summed E-state index contributed by atoms with van der Waals surface area (Å²) in [6, 6.07) is 0.189. The van der Waals surface area contributed by atoms with Crippen LogP contribution in [0.4, 0.5) is 4.79 Å². The van der Waals surface area contributed by atoms with Gasteiger partial charge in [-0.05, 0) is 45.8 Å². The summed E-state index contributed by atoms with van der Waals surface area (Å²) in [5.41, 5.74) is 0. The second-order valence-corrected chi connectivity index (χ2v) is 5.41. The van der Waals surface area contributed by atoms with Crippen molar-refractivity contribution in [1.29, 1.82) is 0 Å². The Labute approximate surface area is 125 Å². The number of alkyl carbamates (subject to hydrolysis) is 1. The monoisotopic (exact) mass is 286 g/mol. The second-order valence-electron chi connectivity index (χ2n) is 5.41. The number of hydrogen-bond acceptors (Lipinski definition) is 3. The molecule has 0 saturated carbocycles. The van der Waals surface area contributed by atoms with Gasteiger partial charge in [0.05, 0.1) is 6.61 Å². The second kappa shape index (κ2) is 13.2. The number of carbonyl (C=O) groups excluding carboxylic acids is 1. The van der Waals surface area contributed by atoms with E-state index in [0.29, 0.717) is 6.61 Å². The molecule has 4 nitrogen and oxygen atoms in total. The molecule has 0 unspecified atom stereocenters. The molecular formula is C16H34N2O2. The highest BCUT2D eigenvalue weighted by Gasteiger charge is 2.08. The van der Waals surface area contributed by atoms with E-state index in [2.05, 4.69) is 31.0 Å². The van der Waals surface area contributed by atoms with Gasteiger partial charge in [0.2, 0.25) is 0 Å². The standard InChI is InChI=1S/C16H34N2O2/c1-5-8-9-10-14-20-16(19)17-15(4)12-11-13-18(6-2)7-3/h15H,5-14H2,1-4H3,(H,17,19)/t15-/m0/s1. The van der Waals surface area contributed by atoms with E-state index < -0.39 is 0 Å². The van der Waals surface area contributed by atoms with Crippen molar-refractivity contribution in [3.8, 4) is 0 Å². The largest absolute Gasteiger partial charge is 0.450 e. The van der Waals surface area contributed by atoms with Crippen LogP contribution in [0.2, 0.25) is 0 Å². The van der Waals surface area contributed by atoms with Crippen molar-refractivity contribution in [2.75, 3.05) is 26.2 Å². The van der Waals surface area contributed by atoms with Crippen molar-refractivity contribution in [3.63, 3.8) is 0 Å². The summed E-state index contributed by atoms with van der Waals surface area (Å²) in [5, 5.41) is 2.90. The molecule has 1 amide bonds. The zero-order valence-corrected chi connectivity index (χ0v) is 13.9. The van der Waals surface area contributed by atoms with Crippen LogP contribution in [0.25, 0.3) is 0 Å². The summed E-state index contributed by atoms with van der Waals surface area (Å²) in [6.45, 7) is 12.4. The number of amides is 1. The van der Waals surface area contributed by atoms with Crippen LogP contribution in [0.15, 0.2) is 0 Å². The fourth-order valence-corrected chi connectivity index (χ4v) is 2.17. The topological polar surface area (TPSA) is 41.6 Å². The molecule has 0 aromatic heterocycles. The zero-order chi connectivity index (χ0) is 15.2. The van der Waals surface area contributed by atoms with E-state index in [1.807, 2.05) is 6.92 Å². The Hall–Kier alpha value is -0.770. The molecule has 0 heterocycles. The van der Waals surface area contributed by atoms with Crippen LogP contribution in [0.3, 0.4) is 0 Å². The van der Waals surface area contributed by atoms with Crippen molar-refractivity contribution in [1.82, 2.24) is 10.2 Å². The molecule has 0 rings (SSSR count). The minimum absolute atomic E-state index is 0.189. The van der Waals surface area contributed by atoms with Gasteiger partial charge in [0.25, 0.3) is 0 Å². The highest BCUT2D eigenvalue weighted by atomic mass is 16.5. The average molecular weight is 286 g/mol. The quantitative estimate of drug-likeness (QED) is 0.555. The lowest BCUT2D eigenvalue weighted by atomic mass is 10.2. The van der Waals surface area contributed by atoms with Gasteiger partial charge in [-0.1, -0.05) is 40.0 Å². The first-order valence-electron chi connectivity index (χ1n) is 8.29. The maximum Gasteiger partial charge on any atom is 0.407 e. The van der Waals surface area contributed by atoms with Crippen molar-refractivity contribution in [2.24, 2.45) is 0 Å². The lowest BCUT2D eigenvalue weighted by molar-refractivity contribution is 0.139. The maximum absolute atomic E-state index is 11.6. The molecule has 1 atom stereocenters. The summed E-state index contributed by atoms with van der Waals surface area (Å²) < 4.78 is 5.17. The molecule has 0 bridgehead atoms. The van der Waals surface area contributed by atoms with Gasteiger partial charge >= 0.3 is 6.09 Å². The Morgan fingerprint density at radius 3 is 2.40 bits per heavy atom. The Kier molecular flexibility index (Phi) is 12.7. The third kappa shape index (κ3) is 11.1. The number of rotatable bonds is 12. The van der Waals surface area contributed by atoms with E-state index in [1.54, 1.807) is 0 Å². The van der Waals surface area contributed by atoms with E-state index in [1.165, 1.54) is 12.8 Å². The van der Waals surface area contributed by atoms with Crippen LogP contribution < -0.4 is 5.32 Å². The van der Waals surface area contributed by atoms with Crippen LogP contribution in [0, 0.1) is 0 Å². The van der Waals surface area contributed by atoms with Gasteiger partial charge in [-0.15, -0.1) is 0 Å². The summed E-state index contributed by atoms with van der Waals surface area (Å²) >= 11 is 0. The fraction of sp³-hybridized carbons (Fsp3) is 0.938. The molecule has 0 aliphatic carbocycles. The number of carbonyl (C=O) groups is 1. The Morgan fingerprint density at radius 1 is 1.10 bits per heavy atom. The van der Waals surface area contributed by atoms with Crippen molar-refractivity contribution >= 4 is 6.09 Å². The molecule has 0 spiro atoms. The molecule has 0 aromatic rings. The summed E-state index contributed by atoms with van der Waals surface area (Å²) in [4.78, 5) is 14.0. The average Bonchev–Trinajstić information content (AvgIpc) is 2.43. The Morgan fingerprint density at radius 2 is 1.80 bits per heavy atom. The number of hydrogen-bond donors (Lipinski definition) is 1. The highest BCUT2D eigenvalue weighted by Crippen LogP contribution is 2.01. The van der Waals surface area contributed by atoms with Gasteiger partial charge in [0.1, 0.15) is 0 Å². The summed E-state index contributed by atoms with van der Waals surface area (Å²) in [6.07, 6.45) is 6.38. The van der Waals surface area contributed by atoms with Crippen LogP contribution in [-0.4, -0.2) is 43.3 Å². The zero-order valence-electron chi connectivity index (χ0n) is 13.9. The molecule has 20 heavy (non-hydrogen) atoms. The predicted molar refractivity (Wildman–Crippen MR) is 85.1 cm³/mol. The number of nitrogens with one attached hydrogen (secondary N) is 1. The minimum atomic E-state index is -0.267. The van der Waals surface area contributed by atoms with E-state index >= 15 is 0 Å². The van der Waals surface area contributed by atoms with Gasteiger partial charge in [0.15, 0.2) is 0 Å². The first-order valence-corrected chi connectivity index (χ1v) is 8.29. The molecular weight excluding hydrogens is 252 g/mol. The Bertz CT molecular complexity index is 231. The van der Waals surface area contributed by atoms with Crippen molar-refractivity contribution in [2.45, 2.75) is 72.3 Å². The van der Waals surface area contributed by atoms with Gasteiger partial charge in [0, 0.05) is 6.04 Å². The molecule has 0 radical (unpaired) electrons. The minimum Gasteiger partial charge on any atom is -0.450 e. The Balaban J connectivity index is 3.54. The van der Waals surface area contributed by atoms with E-state index in [-0.39, 0.29) is 12.1 Å². The normalized spacial score (nSPS) is 12.4. The summed E-state index contributed by atoms with van der Waals surface area (Å²) in [7, 11) is 0. The molecule has 0 saturated heterocycles. The lowest BCUT2D eigenvalue weighted by Gasteiger charge is -2.19. The van der Waals surface area contributed by atoms with E-state index in [0.717, 1.165) is 45.3 Å². The van der Waals surface area contributed by atoms with Gasteiger partial charge in [-0.25, -0.2) is 4.79 Å². The third-order valence-electron chi connectivity index (χ3n) is 3.60. The third-order valence-corrected chi connectivity index (χ3v) is 3.60. The molecule has 0 fully saturated rings. The highest BCUT2D eigenvalue weighted by molar-refractivity contribution is 5.67. The smallest absolute Gasteiger partial charge is 0.407 e. The van der Waals surface area contributed by atoms with Gasteiger partial charge < -0.3 is 15.0 Å². The SMILES string of the molecule is CCCCCCOC(=O)N[C@@H](C)CCCN(CC)CC. The number of nitrogens with zero attached hydrogens (tertiary/aromatic N) is 1. The number of ether oxygens (including phenoxy) is 1. The van der Waals surface area contributed by atoms with Gasteiger partial charge in [-0.3, -0.25) is 0 Å². The van der Waals surface area contributed by atoms with Crippen molar-refractivity contribution < 1.29 is 9.53 Å². The van der Waals surface area contributed by atoms with E-state index in [9.17, 15) is 4.79 Å². The van der Waals surface area contributed by atoms with Gasteiger partial charge in [-0.2, -0.15) is 0 Å². The predicted octanol–water partition coefficient (Wildman–Crippen LogP) is 3.80. The first-order chi connectivity index (χ1) is 9.63. The molecule has 4 heteroatoms. The molecule has 0 aliphatic rings. The van der Waals surface area contributed by atoms with Crippen LogP contribution in [-0.2, 0) is 4.74 Å². The maximum atomic E-state index is 11.6. The molecule has 0 aromatic carbocycles. The molecule has 120 valence electrons. The lowest BCUT2D eigenvalue weighted by Crippen LogP contribution is -2.34. The van der Waals surface area contributed by atoms with Crippen LogP contribution >= 0.6 is 0 Å². The van der Waals surface area contributed by atoms with Crippen molar-refractivity contribution in [3.05, 3.63) is 0 Å². The fourth-order valence-electron chi connectivity index (χ4n) is 2.17. The van der Waals surface area contributed by atoms with E-state index in [4.69, 9.17) is 4.74 Å². The molecule has 1 N–H and O–H groups in total. The van der Waals surface area contributed by atoms with Crippen LogP contribution in [0.5, 0.6) is 0 Å². The number of unbranched alkanes of at least 4 members (excludes halogenated alkanes) is 3. The van der Waals surface area contributed by atoms with Crippen LogP contribution in [0.1, 0.15) is 66.2 Å². The first kappa shape index (κ1) is 19.2.